The van der Waals surface area contributed by atoms with Crippen molar-refractivity contribution in [3.63, 3.8) is 0 Å². The van der Waals surface area contributed by atoms with Crippen LogP contribution in [0.15, 0.2) is 46.6 Å². The van der Waals surface area contributed by atoms with E-state index in [0.29, 0.717) is 21.4 Å². The third-order valence-corrected chi connectivity index (χ3v) is 4.73. The third-order valence-electron chi connectivity index (χ3n) is 4.10. The predicted octanol–water partition coefficient (Wildman–Crippen LogP) is 5.36. The highest BCUT2D eigenvalue weighted by atomic mass is 35.5. The zero-order valence-electron chi connectivity index (χ0n) is 18.2. The summed E-state index contributed by atoms with van der Waals surface area (Å²) in [6.45, 7) is 7.08. The van der Waals surface area contributed by atoms with Gasteiger partial charge in [0.1, 0.15) is 11.4 Å². The van der Waals surface area contributed by atoms with Crippen molar-refractivity contribution < 1.29 is 19.1 Å². The van der Waals surface area contributed by atoms with E-state index in [2.05, 4.69) is 21.1 Å². The number of ether oxygens (including phenoxy) is 2. The SMILES string of the molecule is CCOC(=O)/C(C)=N\Nc1ccc(-c2ccc(N/N=C(\C)C(=O)OCC)c(Cl)c2)cc1Cl. The molecule has 0 radical (unpaired) electrons. The van der Waals surface area contributed by atoms with Crippen LogP contribution < -0.4 is 10.9 Å². The molecule has 0 aliphatic heterocycles. The Morgan fingerprint density at radius 2 is 1.16 bits per heavy atom. The van der Waals surface area contributed by atoms with Gasteiger partial charge in [0.2, 0.25) is 0 Å². The Balaban J connectivity index is 2.14. The Morgan fingerprint density at radius 3 is 1.47 bits per heavy atom. The summed E-state index contributed by atoms with van der Waals surface area (Å²) < 4.78 is 9.76. The number of benzene rings is 2. The average molecular weight is 479 g/mol. The van der Waals surface area contributed by atoms with Gasteiger partial charge < -0.3 is 9.47 Å². The van der Waals surface area contributed by atoms with E-state index in [-0.39, 0.29) is 24.6 Å². The Hall–Kier alpha value is -3.10. The van der Waals surface area contributed by atoms with Crippen LogP contribution in [0.3, 0.4) is 0 Å². The van der Waals surface area contributed by atoms with E-state index < -0.39 is 11.9 Å². The van der Waals surface area contributed by atoms with Gasteiger partial charge in [0.25, 0.3) is 0 Å². The maximum atomic E-state index is 11.6. The van der Waals surface area contributed by atoms with Gasteiger partial charge >= 0.3 is 11.9 Å². The summed E-state index contributed by atoms with van der Waals surface area (Å²) in [7, 11) is 0. The lowest BCUT2D eigenvalue weighted by Crippen LogP contribution is -2.15. The van der Waals surface area contributed by atoms with Crippen molar-refractivity contribution in [2.45, 2.75) is 27.7 Å². The van der Waals surface area contributed by atoms with Gasteiger partial charge in [-0.3, -0.25) is 10.9 Å². The topological polar surface area (TPSA) is 101 Å². The summed E-state index contributed by atoms with van der Waals surface area (Å²) in [5, 5.41) is 8.81. The van der Waals surface area contributed by atoms with Crippen LogP contribution in [0.1, 0.15) is 27.7 Å². The smallest absolute Gasteiger partial charge is 0.354 e. The first-order valence-corrected chi connectivity index (χ1v) is 10.6. The highest BCUT2D eigenvalue weighted by Gasteiger charge is 2.10. The molecule has 2 aromatic carbocycles. The van der Waals surface area contributed by atoms with Crippen LogP contribution >= 0.6 is 23.2 Å². The highest BCUT2D eigenvalue weighted by molar-refractivity contribution is 6.36. The third kappa shape index (κ3) is 6.96. The van der Waals surface area contributed by atoms with Gasteiger partial charge in [-0.25, -0.2) is 9.59 Å². The van der Waals surface area contributed by atoms with Gasteiger partial charge in [0.15, 0.2) is 0 Å². The molecule has 10 heteroatoms. The van der Waals surface area contributed by atoms with Crippen molar-refractivity contribution in [1.82, 2.24) is 0 Å². The van der Waals surface area contributed by atoms with Gasteiger partial charge in [-0.1, -0.05) is 35.3 Å². The lowest BCUT2D eigenvalue weighted by molar-refractivity contribution is -0.135. The molecule has 2 aromatic rings. The molecule has 0 heterocycles. The quantitative estimate of drug-likeness (QED) is 0.285. The predicted molar refractivity (Wildman–Crippen MR) is 129 cm³/mol. The number of halogens is 2. The summed E-state index contributed by atoms with van der Waals surface area (Å²) in [5.74, 6) is -1.00. The summed E-state index contributed by atoms with van der Waals surface area (Å²) in [4.78, 5) is 23.2. The van der Waals surface area contributed by atoms with Crippen molar-refractivity contribution in [2.24, 2.45) is 10.2 Å². The number of carbonyl (C=O) groups is 2. The standard InChI is InChI=1S/C22H24Cl2N4O4/c1-5-31-21(29)13(3)25-27-19-9-7-15(11-17(19)23)16-8-10-20(18(24)12-16)28-26-14(4)22(30)32-6-2/h7-12,27-28H,5-6H2,1-4H3/b25-13-,26-14+. The molecular weight excluding hydrogens is 455 g/mol. The zero-order valence-corrected chi connectivity index (χ0v) is 19.7. The molecule has 0 unspecified atom stereocenters. The molecule has 0 aliphatic rings. The molecule has 2 rings (SSSR count). The van der Waals surface area contributed by atoms with Gasteiger partial charge in [-0.15, -0.1) is 0 Å². The van der Waals surface area contributed by atoms with E-state index in [0.717, 1.165) is 11.1 Å². The number of rotatable bonds is 9. The van der Waals surface area contributed by atoms with Crippen molar-refractivity contribution in [3.05, 3.63) is 46.4 Å². The molecule has 170 valence electrons. The summed E-state index contributed by atoms with van der Waals surface area (Å²) in [6, 6.07) is 10.7. The number of nitrogens with zero attached hydrogens (tertiary/aromatic N) is 2. The number of anilines is 2. The minimum Gasteiger partial charge on any atom is -0.461 e. The second-order valence-corrected chi connectivity index (χ2v) is 7.26. The minimum absolute atomic E-state index is 0.183. The van der Waals surface area contributed by atoms with E-state index >= 15 is 0 Å². The monoisotopic (exact) mass is 478 g/mol. The first-order valence-electron chi connectivity index (χ1n) is 9.81. The number of nitrogens with one attached hydrogen (secondary N) is 2. The second kappa shape index (κ2) is 12.1. The molecule has 0 aliphatic carbocycles. The Labute approximate surface area is 196 Å². The molecule has 8 nitrogen and oxygen atoms in total. The number of hydrazone groups is 2. The summed E-state index contributed by atoms with van der Waals surface area (Å²) >= 11 is 12.7. The molecular formula is C22H24Cl2N4O4. The van der Waals surface area contributed by atoms with Crippen LogP contribution in [0, 0.1) is 0 Å². The molecule has 32 heavy (non-hydrogen) atoms. The fourth-order valence-electron chi connectivity index (χ4n) is 2.42. The van der Waals surface area contributed by atoms with Crippen LogP contribution in [-0.4, -0.2) is 36.6 Å². The van der Waals surface area contributed by atoms with Crippen LogP contribution in [0.5, 0.6) is 0 Å². The number of carbonyl (C=O) groups excluding carboxylic acids is 2. The zero-order chi connectivity index (χ0) is 23.7. The Bertz CT molecular complexity index is 971. The lowest BCUT2D eigenvalue weighted by Gasteiger charge is -2.10. The number of hydrogen-bond acceptors (Lipinski definition) is 8. The summed E-state index contributed by atoms with van der Waals surface area (Å²) in [5.41, 5.74) is 8.61. The Kier molecular flexibility index (Phi) is 9.49. The number of esters is 2. The molecule has 0 aromatic heterocycles. The first-order chi connectivity index (χ1) is 15.3. The Morgan fingerprint density at radius 1 is 0.781 bits per heavy atom. The molecule has 0 bridgehead atoms. The fourth-order valence-corrected chi connectivity index (χ4v) is 2.87. The normalized spacial score (nSPS) is 11.7. The molecule has 0 spiro atoms. The van der Waals surface area contributed by atoms with Crippen LogP contribution in [0.25, 0.3) is 11.1 Å². The molecule has 0 saturated heterocycles. The van der Waals surface area contributed by atoms with Crippen molar-refractivity contribution in [1.29, 1.82) is 0 Å². The molecule has 0 saturated carbocycles. The largest absolute Gasteiger partial charge is 0.461 e. The van der Waals surface area contributed by atoms with E-state index in [4.69, 9.17) is 32.7 Å². The van der Waals surface area contributed by atoms with Gasteiger partial charge in [0, 0.05) is 0 Å². The van der Waals surface area contributed by atoms with Crippen molar-refractivity contribution >= 4 is 57.9 Å². The fraction of sp³-hybridized carbons (Fsp3) is 0.273. The highest BCUT2D eigenvalue weighted by Crippen LogP contribution is 2.32. The average Bonchev–Trinajstić information content (AvgIpc) is 2.77. The van der Waals surface area contributed by atoms with E-state index in [1.165, 1.54) is 0 Å². The van der Waals surface area contributed by atoms with Crippen molar-refractivity contribution in [2.75, 3.05) is 24.1 Å². The van der Waals surface area contributed by atoms with Crippen LogP contribution in [-0.2, 0) is 19.1 Å². The second-order valence-electron chi connectivity index (χ2n) is 6.45. The van der Waals surface area contributed by atoms with Gasteiger partial charge in [-0.2, -0.15) is 10.2 Å². The minimum atomic E-state index is -0.502. The van der Waals surface area contributed by atoms with Gasteiger partial charge in [0.05, 0.1) is 34.6 Å². The molecule has 0 fully saturated rings. The van der Waals surface area contributed by atoms with Crippen LogP contribution in [0.2, 0.25) is 10.0 Å². The van der Waals surface area contributed by atoms with E-state index in [1.807, 2.05) is 12.1 Å². The first kappa shape index (κ1) is 25.2. The van der Waals surface area contributed by atoms with Gasteiger partial charge in [-0.05, 0) is 63.1 Å². The summed E-state index contributed by atoms with van der Waals surface area (Å²) in [6.07, 6.45) is 0. The van der Waals surface area contributed by atoms with E-state index in [9.17, 15) is 9.59 Å². The van der Waals surface area contributed by atoms with Crippen LogP contribution in [0.4, 0.5) is 11.4 Å². The maximum Gasteiger partial charge on any atom is 0.354 e. The maximum absolute atomic E-state index is 11.6. The number of hydrogen-bond donors (Lipinski definition) is 2. The lowest BCUT2D eigenvalue weighted by atomic mass is 10.0. The molecule has 2 N–H and O–H groups in total. The molecule has 0 amide bonds. The molecule has 0 atom stereocenters. The van der Waals surface area contributed by atoms with Crippen molar-refractivity contribution in [3.8, 4) is 11.1 Å². The van der Waals surface area contributed by atoms with E-state index in [1.54, 1.807) is 52.0 Å².